The number of carboxylic acids is 1. The fraction of sp³-hybridized carbons (Fsp3) is 0.0909. The van der Waals surface area contributed by atoms with Crippen molar-refractivity contribution in [3.05, 3.63) is 46.7 Å². The molecule has 2 rings (SSSR count). The average molecular weight is 281 g/mol. The molecule has 0 unspecified atom stereocenters. The minimum absolute atomic E-state index is 0.0581. The van der Waals surface area contributed by atoms with E-state index in [0.29, 0.717) is 5.69 Å². The van der Waals surface area contributed by atoms with Gasteiger partial charge >= 0.3 is 5.97 Å². The van der Waals surface area contributed by atoms with Crippen LogP contribution >= 0.6 is 15.9 Å². The van der Waals surface area contributed by atoms with Gasteiger partial charge < -0.3 is 5.11 Å². The largest absolute Gasteiger partial charge is 0.481 e. The van der Waals surface area contributed by atoms with Gasteiger partial charge in [0.1, 0.15) is 0 Å². The van der Waals surface area contributed by atoms with Crippen LogP contribution < -0.4 is 0 Å². The van der Waals surface area contributed by atoms with Crippen LogP contribution in [0.3, 0.4) is 0 Å². The van der Waals surface area contributed by atoms with E-state index in [1.54, 1.807) is 16.9 Å². The van der Waals surface area contributed by atoms with Crippen LogP contribution in [-0.4, -0.2) is 20.9 Å². The molecule has 0 amide bonds. The maximum atomic E-state index is 10.5. The predicted octanol–water partition coefficient (Wildman–Crippen LogP) is 2.26. The zero-order valence-corrected chi connectivity index (χ0v) is 9.89. The first-order chi connectivity index (χ1) is 7.66. The quantitative estimate of drug-likeness (QED) is 0.938. The highest BCUT2D eigenvalue weighted by Gasteiger charge is 2.06. The van der Waals surface area contributed by atoms with Crippen LogP contribution in [0.4, 0.5) is 0 Å². The molecule has 82 valence electrons. The van der Waals surface area contributed by atoms with E-state index in [-0.39, 0.29) is 6.42 Å². The summed E-state index contributed by atoms with van der Waals surface area (Å²) in [7, 11) is 0. The Morgan fingerprint density at radius 1 is 1.38 bits per heavy atom. The lowest BCUT2D eigenvalue weighted by atomic mass is 10.3. The Hall–Kier alpha value is -1.62. The monoisotopic (exact) mass is 280 g/mol. The van der Waals surface area contributed by atoms with Crippen molar-refractivity contribution in [2.45, 2.75) is 6.42 Å². The molecule has 0 aliphatic rings. The van der Waals surface area contributed by atoms with E-state index in [4.69, 9.17) is 5.11 Å². The number of aromatic nitrogens is 2. The third-order valence-corrected chi connectivity index (χ3v) is 2.75. The van der Waals surface area contributed by atoms with Crippen LogP contribution in [0, 0.1) is 0 Å². The molecule has 2 aromatic rings. The molecular weight excluding hydrogens is 272 g/mol. The molecule has 1 aromatic heterocycles. The maximum absolute atomic E-state index is 10.5. The first-order valence-electron chi connectivity index (χ1n) is 4.68. The summed E-state index contributed by atoms with van der Waals surface area (Å²) >= 11 is 3.42. The summed E-state index contributed by atoms with van der Waals surface area (Å²) < 4.78 is 2.57. The van der Waals surface area contributed by atoms with Gasteiger partial charge in [0.25, 0.3) is 0 Å². The van der Waals surface area contributed by atoms with E-state index in [2.05, 4.69) is 21.0 Å². The second-order valence-electron chi connectivity index (χ2n) is 3.27. The van der Waals surface area contributed by atoms with Gasteiger partial charge in [-0.3, -0.25) is 4.79 Å². The van der Waals surface area contributed by atoms with Crippen LogP contribution in [0.25, 0.3) is 5.69 Å². The highest BCUT2D eigenvalue weighted by atomic mass is 79.9. The fourth-order valence-electron chi connectivity index (χ4n) is 1.38. The molecule has 0 atom stereocenters. The van der Waals surface area contributed by atoms with Crippen molar-refractivity contribution < 1.29 is 9.90 Å². The van der Waals surface area contributed by atoms with E-state index in [1.165, 1.54) is 0 Å². The normalized spacial score (nSPS) is 10.3. The van der Waals surface area contributed by atoms with Gasteiger partial charge in [-0.25, -0.2) is 4.68 Å². The van der Waals surface area contributed by atoms with Crippen molar-refractivity contribution in [1.82, 2.24) is 9.78 Å². The highest BCUT2D eigenvalue weighted by Crippen LogP contribution is 2.19. The van der Waals surface area contributed by atoms with Gasteiger partial charge in [0.2, 0.25) is 0 Å². The van der Waals surface area contributed by atoms with Crippen LogP contribution in [0.5, 0.6) is 0 Å². The van der Waals surface area contributed by atoms with Crippen molar-refractivity contribution in [3.8, 4) is 5.69 Å². The molecule has 1 heterocycles. The van der Waals surface area contributed by atoms with E-state index in [9.17, 15) is 4.79 Å². The van der Waals surface area contributed by atoms with Crippen LogP contribution in [0.15, 0.2) is 41.0 Å². The molecule has 0 saturated carbocycles. The van der Waals surface area contributed by atoms with E-state index < -0.39 is 5.97 Å². The number of nitrogens with zero attached hydrogens (tertiary/aromatic N) is 2. The van der Waals surface area contributed by atoms with Crippen molar-refractivity contribution in [1.29, 1.82) is 0 Å². The second-order valence-corrected chi connectivity index (χ2v) is 4.13. The number of carboxylic acid groups (broad SMARTS) is 1. The minimum atomic E-state index is -0.877. The molecule has 0 spiro atoms. The number of hydrogen-bond acceptors (Lipinski definition) is 2. The summed E-state index contributed by atoms with van der Waals surface area (Å²) in [6.45, 7) is 0. The van der Waals surface area contributed by atoms with Gasteiger partial charge in [-0.15, -0.1) is 0 Å². The average Bonchev–Trinajstić information content (AvgIpc) is 2.66. The molecule has 0 aliphatic carbocycles. The third kappa shape index (κ3) is 2.30. The number of halogens is 1. The van der Waals surface area contributed by atoms with Gasteiger partial charge in [-0.05, 0) is 34.1 Å². The minimum Gasteiger partial charge on any atom is -0.481 e. The molecule has 1 aromatic carbocycles. The number of aliphatic carboxylic acids is 1. The van der Waals surface area contributed by atoms with Gasteiger partial charge in [0.05, 0.1) is 17.8 Å². The highest BCUT2D eigenvalue weighted by molar-refractivity contribution is 9.10. The van der Waals surface area contributed by atoms with Crippen molar-refractivity contribution in [2.75, 3.05) is 0 Å². The smallest absolute Gasteiger partial charge is 0.309 e. The first kappa shape index (κ1) is 10.9. The molecule has 0 fully saturated rings. The predicted molar refractivity (Wildman–Crippen MR) is 62.6 cm³/mol. The number of hydrogen-bond donors (Lipinski definition) is 1. The van der Waals surface area contributed by atoms with E-state index in [1.807, 2.05) is 24.3 Å². The molecule has 16 heavy (non-hydrogen) atoms. The zero-order chi connectivity index (χ0) is 11.5. The topological polar surface area (TPSA) is 55.1 Å². The summed E-state index contributed by atoms with van der Waals surface area (Å²) in [6.07, 6.45) is 1.69. The molecule has 0 saturated heterocycles. The second kappa shape index (κ2) is 4.49. The summed E-state index contributed by atoms with van der Waals surface area (Å²) in [5.74, 6) is -0.877. The Balaban J connectivity index is 2.32. The molecule has 5 heteroatoms. The van der Waals surface area contributed by atoms with Gasteiger partial charge in [0, 0.05) is 10.7 Å². The molecule has 0 aliphatic heterocycles. The Bertz CT molecular complexity index is 522. The Morgan fingerprint density at radius 2 is 2.12 bits per heavy atom. The zero-order valence-electron chi connectivity index (χ0n) is 8.30. The third-order valence-electron chi connectivity index (χ3n) is 2.08. The Morgan fingerprint density at radius 3 is 2.81 bits per heavy atom. The number of rotatable bonds is 3. The Labute approximate surface area is 101 Å². The molecule has 0 radical (unpaired) electrons. The standard InChI is InChI=1S/C11H9BrN2O2/c12-9-3-1-2-4-10(9)14-6-5-8(13-14)7-11(15)16/h1-6H,7H2,(H,15,16). The lowest BCUT2D eigenvalue weighted by Crippen LogP contribution is -2.02. The summed E-state index contributed by atoms with van der Waals surface area (Å²) in [4.78, 5) is 10.5. The fourth-order valence-corrected chi connectivity index (χ4v) is 1.85. The molecular formula is C11H9BrN2O2. The SMILES string of the molecule is O=C(O)Cc1ccn(-c2ccccc2Br)n1. The molecule has 4 nitrogen and oxygen atoms in total. The lowest BCUT2D eigenvalue weighted by Gasteiger charge is -2.03. The van der Waals surface area contributed by atoms with Gasteiger partial charge in [0.15, 0.2) is 0 Å². The number of carbonyl (C=O) groups is 1. The lowest BCUT2D eigenvalue weighted by molar-refractivity contribution is -0.136. The van der Waals surface area contributed by atoms with Crippen molar-refractivity contribution in [2.24, 2.45) is 0 Å². The molecule has 0 bridgehead atoms. The Kier molecular flexibility index (Phi) is 3.05. The van der Waals surface area contributed by atoms with Crippen LogP contribution in [-0.2, 0) is 11.2 Å². The summed E-state index contributed by atoms with van der Waals surface area (Å²) in [5.41, 5.74) is 1.43. The van der Waals surface area contributed by atoms with E-state index >= 15 is 0 Å². The van der Waals surface area contributed by atoms with Crippen molar-refractivity contribution >= 4 is 21.9 Å². The number of benzene rings is 1. The van der Waals surface area contributed by atoms with Crippen molar-refractivity contribution in [3.63, 3.8) is 0 Å². The van der Waals surface area contributed by atoms with E-state index in [0.717, 1.165) is 10.2 Å². The molecule has 1 N–H and O–H groups in total. The number of para-hydroxylation sites is 1. The van der Waals surface area contributed by atoms with Crippen LogP contribution in [0.1, 0.15) is 5.69 Å². The van der Waals surface area contributed by atoms with Crippen LogP contribution in [0.2, 0.25) is 0 Å². The van der Waals surface area contributed by atoms with Gasteiger partial charge in [-0.1, -0.05) is 12.1 Å². The summed E-state index contributed by atoms with van der Waals surface area (Å²) in [6, 6.07) is 9.33. The maximum Gasteiger partial charge on any atom is 0.309 e. The van der Waals surface area contributed by atoms with Gasteiger partial charge in [-0.2, -0.15) is 5.10 Å². The summed E-state index contributed by atoms with van der Waals surface area (Å²) in [5, 5.41) is 12.8. The first-order valence-corrected chi connectivity index (χ1v) is 5.47.